The molecule has 0 saturated carbocycles. The number of hydrogen-bond acceptors (Lipinski definition) is 6. The van der Waals surface area contributed by atoms with Crippen LogP contribution in [0.1, 0.15) is 10.4 Å². The summed E-state index contributed by atoms with van der Waals surface area (Å²) >= 11 is 5.98. The number of nitrogens with one attached hydrogen (secondary N) is 3. The van der Waals surface area contributed by atoms with Gasteiger partial charge in [-0.2, -0.15) is 10.1 Å². The van der Waals surface area contributed by atoms with Gasteiger partial charge in [0.2, 0.25) is 5.95 Å². The molecule has 0 spiro atoms. The topological polar surface area (TPSA) is 122 Å². The van der Waals surface area contributed by atoms with Crippen molar-refractivity contribution in [1.29, 1.82) is 0 Å². The van der Waals surface area contributed by atoms with E-state index in [1.54, 1.807) is 36.4 Å². The Bertz CT molecular complexity index is 1110. The molecule has 2 aromatic heterocycles. The predicted molar refractivity (Wildman–Crippen MR) is 104 cm³/mol. The normalized spacial score (nSPS) is 10.7. The number of nitrogens with zero attached hydrogens (tertiary/aromatic N) is 3. The number of aromatic nitrogens is 4. The summed E-state index contributed by atoms with van der Waals surface area (Å²) in [6.07, 6.45) is 0. The van der Waals surface area contributed by atoms with Crippen molar-refractivity contribution in [2.24, 2.45) is 5.84 Å². The molecule has 2 aromatic carbocycles. The van der Waals surface area contributed by atoms with Crippen LogP contribution in [-0.2, 0) is 0 Å². The number of carbonyl (C=O) groups excluding carboxylic acids is 1. The van der Waals surface area contributed by atoms with Crippen molar-refractivity contribution in [3.05, 3.63) is 65.2 Å². The van der Waals surface area contributed by atoms with Crippen molar-refractivity contribution in [2.45, 2.75) is 0 Å². The minimum Gasteiger partial charge on any atom is -0.304 e. The van der Waals surface area contributed by atoms with Crippen LogP contribution < -0.4 is 16.6 Å². The number of halogens is 1. The lowest BCUT2D eigenvalue weighted by molar-refractivity contribution is 0.102. The van der Waals surface area contributed by atoms with Gasteiger partial charge < -0.3 is 5.32 Å². The van der Waals surface area contributed by atoms with Crippen LogP contribution in [0.25, 0.3) is 22.3 Å². The lowest BCUT2D eigenvalue weighted by atomic mass is 10.1. The number of nitrogens with two attached hydrogens (primary N) is 1. The molecular formula is C18H14ClN7O. The molecule has 9 heteroatoms. The summed E-state index contributed by atoms with van der Waals surface area (Å²) in [4.78, 5) is 21.2. The first kappa shape index (κ1) is 17.0. The van der Waals surface area contributed by atoms with E-state index in [0.29, 0.717) is 33.1 Å². The molecule has 0 atom stereocenters. The standard InChI is InChI=1S/C18H14ClN7O/c19-12-8-6-10(7-9-12)14-13-15(22-17(27)11-4-2-1-3-5-11)25-26-16(13)23-18(21-14)24-20/h1-9H,20H2,(H3,21,22,23,24,25,26,27). The van der Waals surface area contributed by atoms with Crippen molar-refractivity contribution in [3.8, 4) is 11.3 Å². The van der Waals surface area contributed by atoms with E-state index in [-0.39, 0.29) is 11.9 Å². The summed E-state index contributed by atoms with van der Waals surface area (Å²) in [6.45, 7) is 0. The number of fused-ring (bicyclic) bond motifs is 1. The number of carbonyl (C=O) groups is 1. The minimum absolute atomic E-state index is 0.219. The third-order valence-corrected chi connectivity index (χ3v) is 4.19. The minimum atomic E-state index is -0.285. The summed E-state index contributed by atoms with van der Waals surface area (Å²) < 4.78 is 0. The van der Waals surface area contributed by atoms with E-state index in [1.165, 1.54) is 0 Å². The maximum atomic E-state index is 12.5. The molecule has 4 aromatic rings. The maximum Gasteiger partial charge on any atom is 0.256 e. The van der Waals surface area contributed by atoms with Crippen LogP contribution in [0, 0.1) is 0 Å². The second kappa shape index (κ2) is 7.02. The van der Waals surface area contributed by atoms with Gasteiger partial charge in [0.15, 0.2) is 11.5 Å². The number of benzene rings is 2. The highest BCUT2D eigenvalue weighted by atomic mass is 35.5. The largest absolute Gasteiger partial charge is 0.304 e. The van der Waals surface area contributed by atoms with Gasteiger partial charge in [0.1, 0.15) is 0 Å². The number of H-pyrrole nitrogens is 1. The Balaban J connectivity index is 1.83. The van der Waals surface area contributed by atoms with Gasteiger partial charge in [-0.25, -0.2) is 10.8 Å². The van der Waals surface area contributed by atoms with Crippen molar-refractivity contribution < 1.29 is 4.79 Å². The average molecular weight is 380 g/mol. The van der Waals surface area contributed by atoms with Gasteiger partial charge in [0, 0.05) is 16.1 Å². The van der Waals surface area contributed by atoms with Crippen molar-refractivity contribution in [2.75, 3.05) is 10.7 Å². The molecule has 0 aliphatic heterocycles. The van der Waals surface area contributed by atoms with E-state index in [2.05, 4.69) is 30.9 Å². The number of hydrogen-bond donors (Lipinski definition) is 4. The molecule has 1 amide bonds. The van der Waals surface area contributed by atoms with Crippen molar-refractivity contribution in [3.63, 3.8) is 0 Å². The molecule has 0 aliphatic carbocycles. The molecule has 134 valence electrons. The van der Waals surface area contributed by atoms with Crippen LogP contribution >= 0.6 is 11.6 Å². The number of amides is 1. The van der Waals surface area contributed by atoms with E-state index in [0.717, 1.165) is 5.56 Å². The monoisotopic (exact) mass is 379 g/mol. The zero-order valence-electron chi connectivity index (χ0n) is 13.9. The van der Waals surface area contributed by atoms with Crippen LogP contribution in [0.15, 0.2) is 54.6 Å². The third-order valence-electron chi connectivity index (χ3n) is 3.93. The summed E-state index contributed by atoms with van der Waals surface area (Å²) in [5, 5.41) is 11.0. The van der Waals surface area contributed by atoms with Gasteiger partial charge in [-0.1, -0.05) is 41.9 Å². The van der Waals surface area contributed by atoms with Gasteiger partial charge in [0.25, 0.3) is 5.91 Å². The number of anilines is 2. The Labute approximate surface area is 158 Å². The molecule has 4 rings (SSSR count). The Kier molecular flexibility index (Phi) is 4.41. The molecule has 0 saturated heterocycles. The molecule has 0 bridgehead atoms. The SMILES string of the molecule is NNc1nc(-c2ccc(Cl)cc2)c2c(NC(=O)c3ccccc3)n[nH]c2n1. The fourth-order valence-electron chi connectivity index (χ4n) is 2.67. The van der Waals surface area contributed by atoms with Gasteiger partial charge in [-0.3, -0.25) is 15.3 Å². The lowest BCUT2D eigenvalue weighted by Gasteiger charge is -2.08. The molecule has 8 nitrogen and oxygen atoms in total. The number of hydrazine groups is 1. The molecular weight excluding hydrogens is 366 g/mol. The van der Waals surface area contributed by atoms with Crippen LogP contribution in [0.4, 0.5) is 11.8 Å². The summed E-state index contributed by atoms with van der Waals surface area (Å²) in [5.74, 6) is 5.74. The Morgan fingerprint density at radius 1 is 1.04 bits per heavy atom. The summed E-state index contributed by atoms with van der Waals surface area (Å²) in [5.41, 5.74) is 4.72. The highest BCUT2D eigenvalue weighted by molar-refractivity contribution is 6.30. The van der Waals surface area contributed by atoms with Crippen LogP contribution in [0.3, 0.4) is 0 Å². The molecule has 0 unspecified atom stereocenters. The Morgan fingerprint density at radius 2 is 1.78 bits per heavy atom. The van der Waals surface area contributed by atoms with Crippen LogP contribution in [0.2, 0.25) is 5.02 Å². The lowest BCUT2D eigenvalue weighted by Crippen LogP contribution is -2.13. The van der Waals surface area contributed by atoms with E-state index >= 15 is 0 Å². The second-order valence-corrected chi connectivity index (χ2v) is 6.10. The molecule has 27 heavy (non-hydrogen) atoms. The number of aromatic amines is 1. The number of nitrogen functional groups attached to an aromatic ring is 1. The molecule has 0 fully saturated rings. The zero-order chi connectivity index (χ0) is 18.8. The Morgan fingerprint density at radius 3 is 2.48 bits per heavy atom. The van der Waals surface area contributed by atoms with Gasteiger partial charge in [0.05, 0.1) is 11.1 Å². The van der Waals surface area contributed by atoms with Crippen LogP contribution in [0.5, 0.6) is 0 Å². The smallest absolute Gasteiger partial charge is 0.256 e. The first-order valence-electron chi connectivity index (χ1n) is 8.01. The first-order chi connectivity index (χ1) is 13.2. The highest BCUT2D eigenvalue weighted by Gasteiger charge is 2.18. The highest BCUT2D eigenvalue weighted by Crippen LogP contribution is 2.32. The molecule has 0 aliphatic rings. The average Bonchev–Trinajstić information content (AvgIpc) is 3.11. The fraction of sp³-hybridized carbons (Fsp3) is 0. The van der Waals surface area contributed by atoms with E-state index in [9.17, 15) is 4.79 Å². The van der Waals surface area contributed by atoms with Gasteiger partial charge in [-0.05, 0) is 24.3 Å². The third kappa shape index (κ3) is 3.31. The predicted octanol–water partition coefficient (Wildman–Crippen LogP) is 3.21. The maximum absolute atomic E-state index is 12.5. The van der Waals surface area contributed by atoms with Crippen molar-refractivity contribution in [1.82, 2.24) is 20.2 Å². The van der Waals surface area contributed by atoms with E-state index in [1.807, 2.05) is 18.2 Å². The van der Waals surface area contributed by atoms with E-state index < -0.39 is 0 Å². The molecule has 2 heterocycles. The van der Waals surface area contributed by atoms with Crippen molar-refractivity contribution >= 4 is 40.3 Å². The number of rotatable bonds is 4. The fourth-order valence-corrected chi connectivity index (χ4v) is 2.80. The Hall–Kier alpha value is -3.49. The van der Waals surface area contributed by atoms with E-state index in [4.69, 9.17) is 17.4 Å². The molecule has 5 N–H and O–H groups in total. The van der Waals surface area contributed by atoms with Gasteiger partial charge in [-0.15, -0.1) is 0 Å². The van der Waals surface area contributed by atoms with Crippen LogP contribution in [-0.4, -0.2) is 26.1 Å². The summed E-state index contributed by atoms with van der Waals surface area (Å²) in [6, 6.07) is 16.0. The second-order valence-electron chi connectivity index (χ2n) is 5.66. The molecule has 0 radical (unpaired) electrons. The summed E-state index contributed by atoms with van der Waals surface area (Å²) in [7, 11) is 0. The first-order valence-corrected chi connectivity index (χ1v) is 8.38. The van der Waals surface area contributed by atoms with Gasteiger partial charge >= 0.3 is 0 Å². The zero-order valence-corrected chi connectivity index (χ0v) is 14.7. The quantitative estimate of drug-likeness (QED) is 0.319.